The van der Waals surface area contributed by atoms with Gasteiger partial charge in [-0.3, -0.25) is 20.2 Å². The highest BCUT2D eigenvalue weighted by Gasteiger charge is 2.20. The van der Waals surface area contributed by atoms with E-state index in [1.54, 1.807) is 0 Å². The van der Waals surface area contributed by atoms with Crippen molar-refractivity contribution in [2.45, 2.75) is 19.8 Å². The number of benzene rings is 1. The Balaban J connectivity index is 2.24. The molecule has 1 aromatic carbocycles. The van der Waals surface area contributed by atoms with Gasteiger partial charge in [-0.15, -0.1) is 11.3 Å². The predicted octanol–water partition coefficient (Wildman–Crippen LogP) is 4.19. The number of hydrogen-bond acceptors (Lipinski definition) is 5. The Bertz CT molecular complexity index is 700. The second-order valence-electron chi connectivity index (χ2n) is 4.58. The van der Waals surface area contributed by atoms with Gasteiger partial charge in [0.25, 0.3) is 11.6 Å². The largest absolute Gasteiger partial charge is 0.298 e. The molecule has 0 aliphatic rings. The highest BCUT2D eigenvalue weighted by Crippen LogP contribution is 2.29. The van der Waals surface area contributed by atoms with E-state index < -0.39 is 10.8 Å². The van der Waals surface area contributed by atoms with Crippen LogP contribution in [-0.4, -0.2) is 15.8 Å². The minimum atomic E-state index is -0.541. The van der Waals surface area contributed by atoms with Crippen molar-refractivity contribution in [1.29, 1.82) is 0 Å². The topological polar surface area (TPSA) is 85.1 Å². The number of hydrogen-bond donors (Lipinski definition) is 1. The first-order valence-corrected chi connectivity index (χ1v) is 7.77. The number of carbonyl (C=O) groups is 1. The molecular weight excluding hydrogens is 358 g/mol. The van der Waals surface area contributed by atoms with Gasteiger partial charge in [0.15, 0.2) is 5.13 Å². The van der Waals surface area contributed by atoms with Crippen molar-refractivity contribution < 1.29 is 9.72 Å². The summed E-state index contributed by atoms with van der Waals surface area (Å²) in [6.45, 7) is 4.02. The van der Waals surface area contributed by atoms with Gasteiger partial charge in [0.1, 0.15) is 4.47 Å². The van der Waals surface area contributed by atoms with E-state index >= 15 is 0 Å². The molecule has 0 unspecified atom stereocenters. The number of nitrogens with zero attached hydrogens (tertiary/aromatic N) is 2. The highest BCUT2D eigenvalue weighted by molar-refractivity contribution is 9.10. The number of halogens is 1. The molecule has 0 bridgehead atoms. The summed E-state index contributed by atoms with van der Waals surface area (Å²) in [7, 11) is 0. The first kappa shape index (κ1) is 15.6. The van der Waals surface area contributed by atoms with Crippen LogP contribution in [0.2, 0.25) is 0 Å². The Morgan fingerprint density at radius 1 is 1.48 bits per heavy atom. The normalized spacial score (nSPS) is 10.7. The first-order valence-electron chi connectivity index (χ1n) is 6.09. The lowest BCUT2D eigenvalue weighted by atomic mass is 10.2. The van der Waals surface area contributed by atoms with Gasteiger partial charge < -0.3 is 0 Å². The lowest BCUT2D eigenvalue weighted by Gasteiger charge is -2.04. The molecule has 1 heterocycles. The zero-order chi connectivity index (χ0) is 15.6. The Morgan fingerprint density at radius 3 is 2.76 bits per heavy atom. The van der Waals surface area contributed by atoms with Crippen molar-refractivity contribution in [2.24, 2.45) is 0 Å². The molecule has 1 aromatic heterocycles. The predicted molar refractivity (Wildman–Crippen MR) is 85.0 cm³/mol. The van der Waals surface area contributed by atoms with E-state index in [0.717, 1.165) is 5.69 Å². The molecule has 0 radical (unpaired) electrons. The van der Waals surface area contributed by atoms with Crippen molar-refractivity contribution in [1.82, 2.24) is 4.98 Å². The molecule has 0 spiro atoms. The molecule has 0 atom stereocenters. The minimum absolute atomic E-state index is 0.148. The monoisotopic (exact) mass is 369 g/mol. The van der Waals surface area contributed by atoms with E-state index in [0.29, 0.717) is 5.13 Å². The second-order valence-corrected chi connectivity index (χ2v) is 6.23. The zero-order valence-electron chi connectivity index (χ0n) is 11.3. The number of aromatic nitrogens is 1. The van der Waals surface area contributed by atoms with E-state index in [1.807, 2.05) is 19.2 Å². The lowest BCUT2D eigenvalue weighted by molar-refractivity contribution is -0.385. The van der Waals surface area contributed by atoms with Crippen molar-refractivity contribution >= 4 is 44.0 Å². The first-order chi connectivity index (χ1) is 9.90. The number of amides is 1. The molecule has 0 saturated heterocycles. The summed E-state index contributed by atoms with van der Waals surface area (Å²) in [5.74, 6) is -0.160. The number of rotatable bonds is 4. The third-order valence-electron chi connectivity index (χ3n) is 2.75. The number of carbonyl (C=O) groups excluding carboxylic acids is 1. The van der Waals surface area contributed by atoms with Crippen LogP contribution in [0.3, 0.4) is 0 Å². The number of nitro benzene ring substituents is 1. The summed E-state index contributed by atoms with van der Waals surface area (Å²) in [5.41, 5.74) is 0.948. The van der Waals surface area contributed by atoms with Crippen LogP contribution in [0, 0.1) is 10.1 Å². The summed E-state index contributed by atoms with van der Waals surface area (Å²) in [4.78, 5) is 26.8. The fourth-order valence-corrected chi connectivity index (χ4v) is 3.07. The molecule has 6 nitrogen and oxygen atoms in total. The molecule has 1 amide bonds. The molecule has 0 aliphatic heterocycles. The van der Waals surface area contributed by atoms with E-state index in [-0.39, 0.29) is 21.6 Å². The maximum Gasteiger partial charge on any atom is 0.284 e. The molecule has 0 aliphatic carbocycles. The second kappa shape index (κ2) is 6.31. The van der Waals surface area contributed by atoms with Crippen LogP contribution in [0.1, 0.15) is 35.8 Å². The van der Waals surface area contributed by atoms with Crippen molar-refractivity contribution in [3.63, 3.8) is 0 Å². The van der Waals surface area contributed by atoms with Crippen molar-refractivity contribution in [2.75, 3.05) is 5.32 Å². The number of nitro groups is 1. The Kier molecular flexibility index (Phi) is 4.69. The van der Waals surface area contributed by atoms with E-state index in [2.05, 4.69) is 26.2 Å². The molecule has 8 heteroatoms. The molecule has 2 aromatic rings. The van der Waals surface area contributed by atoms with Crippen LogP contribution < -0.4 is 5.32 Å². The van der Waals surface area contributed by atoms with Gasteiger partial charge >= 0.3 is 0 Å². The molecule has 110 valence electrons. The summed E-state index contributed by atoms with van der Waals surface area (Å²) < 4.78 is 0.160. The van der Waals surface area contributed by atoms with Crippen LogP contribution in [0.15, 0.2) is 28.1 Å². The maximum atomic E-state index is 12.2. The average molecular weight is 370 g/mol. The van der Waals surface area contributed by atoms with Gasteiger partial charge in [-0.25, -0.2) is 4.98 Å². The Hall–Kier alpha value is -1.80. The average Bonchev–Trinajstić information content (AvgIpc) is 2.87. The van der Waals surface area contributed by atoms with Crippen LogP contribution >= 0.6 is 27.3 Å². The molecule has 1 N–H and O–H groups in total. The SMILES string of the molecule is CC(C)c1csc(NC(=O)c2cccc([N+](=O)[O-])c2Br)n1. The summed E-state index contributed by atoms with van der Waals surface area (Å²) >= 11 is 4.43. The van der Waals surface area contributed by atoms with Gasteiger partial charge in [-0.2, -0.15) is 0 Å². The van der Waals surface area contributed by atoms with Gasteiger partial charge in [0.05, 0.1) is 16.2 Å². The van der Waals surface area contributed by atoms with E-state index in [4.69, 9.17) is 0 Å². The van der Waals surface area contributed by atoms with Crippen LogP contribution in [0.5, 0.6) is 0 Å². The fourth-order valence-electron chi connectivity index (χ4n) is 1.61. The van der Waals surface area contributed by atoms with Crippen LogP contribution in [-0.2, 0) is 0 Å². The number of anilines is 1. The summed E-state index contributed by atoms with van der Waals surface area (Å²) in [6, 6.07) is 4.32. The molecular formula is C13H12BrN3O3S. The Labute approximate surface area is 133 Å². The standard InChI is InChI=1S/C13H12BrN3O3S/c1-7(2)9-6-21-13(15-9)16-12(18)8-4-3-5-10(11(8)14)17(19)20/h3-7H,1-2H3,(H,15,16,18). The van der Waals surface area contributed by atoms with Crippen LogP contribution in [0.4, 0.5) is 10.8 Å². The quantitative estimate of drug-likeness (QED) is 0.646. The van der Waals surface area contributed by atoms with Crippen molar-refractivity contribution in [3.05, 3.63) is 49.4 Å². The van der Waals surface area contributed by atoms with Gasteiger partial charge in [-0.05, 0) is 27.9 Å². The van der Waals surface area contributed by atoms with Crippen molar-refractivity contribution in [3.8, 4) is 0 Å². The Morgan fingerprint density at radius 2 is 2.19 bits per heavy atom. The lowest BCUT2D eigenvalue weighted by Crippen LogP contribution is -2.13. The fraction of sp³-hybridized carbons (Fsp3) is 0.231. The summed E-state index contributed by atoms with van der Waals surface area (Å²) in [6.07, 6.45) is 0. The maximum absolute atomic E-state index is 12.2. The highest BCUT2D eigenvalue weighted by atomic mass is 79.9. The minimum Gasteiger partial charge on any atom is -0.298 e. The zero-order valence-corrected chi connectivity index (χ0v) is 13.7. The number of thiazole rings is 1. The smallest absolute Gasteiger partial charge is 0.284 e. The molecule has 0 fully saturated rings. The third-order valence-corrected chi connectivity index (χ3v) is 4.36. The van der Waals surface area contributed by atoms with Gasteiger partial charge in [-0.1, -0.05) is 19.9 Å². The number of nitrogens with one attached hydrogen (secondary N) is 1. The van der Waals surface area contributed by atoms with E-state index in [9.17, 15) is 14.9 Å². The third kappa shape index (κ3) is 3.45. The molecule has 21 heavy (non-hydrogen) atoms. The van der Waals surface area contributed by atoms with E-state index in [1.165, 1.54) is 29.5 Å². The van der Waals surface area contributed by atoms with Crippen LogP contribution in [0.25, 0.3) is 0 Å². The van der Waals surface area contributed by atoms with Gasteiger partial charge in [0, 0.05) is 11.4 Å². The molecule has 2 rings (SSSR count). The summed E-state index contributed by atoms with van der Waals surface area (Å²) in [5, 5.41) is 15.9. The van der Waals surface area contributed by atoms with Gasteiger partial charge in [0.2, 0.25) is 0 Å². The molecule has 0 saturated carbocycles.